The highest BCUT2D eigenvalue weighted by atomic mass is 16.2. The summed E-state index contributed by atoms with van der Waals surface area (Å²) in [6.45, 7) is 3.93. The van der Waals surface area contributed by atoms with E-state index >= 15 is 0 Å². The first-order valence-electron chi connectivity index (χ1n) is 7.01. The van der Waals surface area contributed by atoms with Crippen molar-refractivity contribution in [3.8, 4) is 0 Å². The predicted octanol–water partition coefficient (Wildman–Crippen LogP) is 2.65. The molecule has 0 heterocycles. The standard InChI is InChI=1S/C16H24N2O/c1-16(2,17)11-10-15(19)18(3)14-9-8-12-6-4-5-7-13(12)14/h4-7,14H,8-11,17H2,1-3H3. The molecule has 2 rings (SSSR count). The summed E-state index contributed by atoms with van der Waals surface area (Å²) in [5, 5.41) is 0. The summed E-state index contributed by atoms with van der Waals surface area (Å²) in [7, 11) is 1.92. The van der Waals surface area contributed by atoms with Gasteiger partial charge in [-0.25, -0.2) is 0 Å². The van der Waals surface area contributed by atoms with Gasteiger partial charge in [0.15, 0.2) is 0 Å². The minimum atomic E-state index is -0.274. The molecule has 0 saturated heterocycles. The predicted molar refractivity (Wildman–Crippen MR) is 77.8 cm³/mol. The summed E-state index contributed by atoms with van der Waals surface area (Å²) in [6, 6.07) is 8.67. The third-order valence-corrected chi connectivity index (χ3v) is 3.95. The van der Waals surface area contributed by atoms with E-state index in [2.05, 4.69) is 24.3 Å². The fourth-order valence-corrected chi connectivity index (χ4v) is 2.72. The molecule has 3 heteroatoms. The first kappa shape index (κ1) is 14.1. The Morgan fingerprint density at radius 2 is 2.11 bits per heavy atom. The number of fused-ring (bicyclic) bond motifs is 1. The van der Waals surface area contributed by atoms with E-state index in [-0.39, 0.29) is 17.5 Å². The maximum Gasteiger partial charge on any atom is 0.222 e. The Bertz CT molecular complexity index is 462. The second-order valence-corrected chi connectivity index (χ2v) is 6.25. The molecule has 1 aliphatic rings. The van der Waals surface area contributed by atoms with Crippen LogP contribution in [0.15, 0.2) is 24.3 Å². The average molecular weight is 260 g/mol. The molecule has 1 atom stereocenters. The number of rotatable bonds is 4. The molecule has 1 aromatic rings. The Balaban J connectivity index is 2.01. The van der Waals surface area contributed by atoms with Gasteiger partial charge < -0.3 is 10.6 Å². The van der Waals surface area contributed by atoms with Crippen LogP contribution in [0, 0.1) is 0 Å². The molecule has 0 fully saturated rings. The van der Waals surface area contributed by atoms with Crippen LogP contribution in [0.5, 0.6) is 0 Å². The maximum absolute atomic E-state index is 12.3. The van der Waals surface area contributed by atoms with Crippen molar-refractivity contribution in [2.24, 2.45) is 5.73 Å². The molecule has 0 spiro atoms. The van der Waals surface area contributed by atoms with Crippen LogP contribution < -0.4 is 5.73 Å². The van der Waals surface area contributed by atoms with E-state index in [4.69, 9.17) is 5.73 Å². The minimum Gasteiger partial charge on any atom is -0.339 e. The van der Waals surface area contributed by atoms with Crippen LogP contribution in [0.3, 0.4) is 0 Å². The van der Waals surface area contributed by atoms with E-state index in [9.17, 15) is 4.79 Å². The third kappa shape index (κ3) is 3.35. The average Bonchev–Trinajstić information content (AvgIpc) is 2.78. The zero-order valence-corrected chi connectivity index (χ0v) is 12.1. The summed E-state index contributed by atoms with van der Waals surface area (Å²) in [6.07, 6.45) is 3.36. The molecule has 104 valence electrons. The monoisotopic (exact) mass is 260 g/mol. The van der Waals surface area contributed by atoms with Gasteiger partial charge in [0.25, 0.3) is 0 Å². The molecule has 1 unspecified atom stereocenters. The van der Waals surface area contributed by atoms with Crippen molar-refractivity contribution in [2.75, 3.05) is 7.05 Å². The Morgan fingerprint density at radius 3 is 2.79 bits per heavy atom. The van der Waals surface area contributed by atoms with Crippen molar-refractivity contribution >= 4 is 5.91 Å². The quantitative estimate of drug-likeness (QED) is 0.904. The smallest absolute Gasteiger partial charge is 0.222 e. The molecule has 0 bridgehead atoms. The van der Waals surface area contributed by atoms with Crippen molar-refractivity contribution in [3.63, 3.8) is 0 Å². The zero-order valence-electron chi connectivity index (χ0n) is 12.1. The van der Waals surface area contributed by atoms with Crippen LogP contribution >= 0.6 is 0 Å². The normalized spacial score (nSPS) is 18.2. The Hall–Kier alpha value is -1.35. The second-order valence-electron chi connectivity index (χ2n) is 6.25. The fourth-order valence-electron chi connectivity index (χ4n) is 2.72. The molecule has 2 N–H and O–H groups in total. The second kappa shape index (κ2) is 5.33. The first-order chi connectivity index (χ1) is 8.88. The number of hydrogen-bond donors (Lipinski definition) is 1. The van der Waals surface area contributed by atoms with Crippen LogP contribution in [0.25, 0.3) is 0 Å². The van der Waals surface area contributed by atoms with Crippen molar-refractivity contribution in [2.45, 2.75) is 51.1 Å². The van der Waals surface area contributed by atoms with Gasteiger partial charge in [-0.2, -0.15) is 0 Å². The molecule has 1 amide bonds. The van der Waals surface area contributed by atoms with Gasteiger partial charge in [0, 0.05) is 19.0 Å². The fraction of sp³-hybridized carbons (Fsp3) is 0.562. The van der Waals surface area contributed by atoms with E-state index in [1.54, 1.807) is 0 Å². The molecule has 1 aromatic carbocycles. The lowest BCUT2D eigenvalue weighted by molar-refractivity contribution is -0.132. The van der Waals surface area contributed by atoms with Crippen molar-refractivity contribution in [3.05, 3.63) is 35.4 Å². The number of carbonyl (C=O) groups is 1. The molecule has 0 saturated carbocycles. The van der Waals surface area contributed by atoms with Gasteiger partial charge in [0.2, 0.25) is 5.91 Å². The Kier molecular flexibility index (Phi) is 3.95. The lowest BCUT2D eigenvalue weighted by atomic mass is 9.99. The zero-order chi connectivity index (χ0) is 14.0. The Morgan fingerprint density at radius 1 is 1.42 bits per heavy atom. The van der Waals surface area contributed by atoms with Gasteiger partial charge in [-0.15, -0.1) is 0 Å². The summed E-state index contributed by atoms with van der Waals surface area (Å²) in [5.41, 5.74) is 8.36. The largest absolute Gasteiger partial charge is 0.339 e. The number of aryl methyl sites for hydroxylation is 1. The summed E-state index contributed by atoms with van der Waals surface area (Å²) in [4.78, 5) is 14.2. The van der Waals surface area contributed by atoms with Crippen LogP contribution in [0.1, 0.15) is 50.3 Å². The van der Waals surface area contributed by atoms with Crippen LogP contribution in [0.2, 0.25) is 0 Å². The lowest BCUT2D eigenvalue weighted by Crippen LogP contribution is -2.36. The maximum atomic E-state index is 12.3. The number of amides is 1. The number of benzene rings is 1. The summed E-state index contributed by atoms with van der Waals surface area (Å²) >= 11 is 0. The molecule has 0 aromatic heterocycles. The molecule has 3 nitrogen and oxygen atoms in total. The van der Waals surface area contributed by atoms with Gasteiger partial charge >= 0.3 is 0 Å². The topological polar surface area (TPSA) is 46.3 Å². The van der Waals surface area contributed by atoms with Gasteiger partial charge in [-0.3, -0.25) is 4.79 Å². The van der Waals surface area contributed by atoms with Crippen molar-refractivity contribution < 1.29 is 4.79 Å². The highest BCUT2D eigenvalue weighted by Gasteiger charge is 2.28. The molecular weight excluding hydrogens is 236 g/mol. The third-order valence-electron chi connectivity index (χ3n) is 3.95. The lowest BCUT2D eigenvalue weighted by Gasteiger charge is -2.27. The minimum absolute atomic E-state index is 0.195. The molecular formula is C16H24N2O. The van der Waals surface area contributed by atoms with Crippen molar-refractivity contribution in [1.82, 2.24) is 4.90 Å². The number of hydrogen-bond acceptors (Lipinski definition) is 2. The number of nitrogens with zero attached hydrogens (tertiary/aromatic N) is 1. The SMILES string of the molecule is CN(C(=O)CCC(C)(C)N)C1CCc2ccccc21. The van der Waals surface area contributed by atoms with Gasteiger partial charge in [-0.05, 0) is 44.2 Å². The van der Waals surface area contributed by atoms with Gasteiger partial charge in [0.05, 0.1) is 6.04 Å². The summed E-state index contributed by atoms with van der Waals surface area (Å²) in [5.74, 6) is 0.195. The molecule has 0 radical (unpaired) electrons. The number of nitrogens with two attached hydrogens (primary N) is 1. The molecule has 0 aliphatic heterocycles. The van der Waals surface area contributed by atoms with Crippen LogP contribution in [0.4, 0.5) is 0 Å². The molecule has 1 aliphatic carbocycles. The number of carbonyl (C=O) groups excluding carboxylic acids is 1. The summed E-state index contributed by atoms with van der Waals surface area (Å²) < 4.78 is 0. The molecule has 19 heavy (non-hydrogen) atoms. The van der Waals surface area contributed by atoms with E-state index in [1.165, 1.54) is 11.1 Å². The Labute approximate surface area is 115 Å². The van der Waals surface area contributed by atoms with Gasteiger partial charge in [0.1, 0.15) is 0 Å². The van der Waals surface area contributed by atoms with Crippen LogP contribution in [-0.2, 0) is 11.2 Å². The van der Waals surface area contributed by atoms with Crippen molar-refractivity contribution in [1.29, 1.82) is 0 Å². The van der Waals surface area contributed by atoms with Crippen LogP contribution in [-0.4, -0.2) is 23.4 Å². The van der Waals surface area contributed by atoms with E-state index in [0.29, 0.717) is 6.42 Å². The highest BCUT2D eigenvalue weighted by Crippen LogP contribution is 2.35. The first-order valence-corrected chi connectivity index (χ1v) is 7.01. The van der Waals surface area contributed by atoms with E-state index in [1.807, 2.05) is 25.8 Å². The highest BCUT2D eigenvalue weighted by molar-refractivity contribution is 5.76. The van der Waals surface area contributed by atoms with E-state index in [0.717, 1.165) is 19.3 Å². The van der Waals surface area contributed by atoms with E-state index < -0.39 is 0 Å². The van der Waals surface area contributed by atoms with Gasteiger partial charge in [-0.1, -0.05) is 24.3 Å².